The summed E-state index contributed by atoms with van der Waals surface area (Å²) in [7, 11) is 0. The molecule has 2 aliphatic rings. The van der Waals surface area contributed by atoms with Gasteiger partial charge in [0.25, 0.3) is 0 Å². The van der Waals surface area contributed by atoms with Gasteiger partial charge >= 0.3 is 0 Å². The maximum atomic E-state index is 3.36. The van der Waals surface area contributed by atoms with E-state index in [0.717, 1.165) is 0 Å². The number of rotatable bonds is 2. The predicted molar refractivity (Wildman–Crippen MR) is 54.7 cm³/mol. The molecule has 0 unspecified atom stereocenters. The SMILES string of the molecule is CC1(CN2CCSCC2)CNC1. The predicted octanol–water partition coefficient (Wildman–Crippen LogP) is 0.645. The molecule has 0 radical (unpaired) electrons. The average Bonchev–Trinajstić information content (AvgIpc) is 2.04. The zero-order chi connectivity index (χ0) is 8.44. The Morgan fingerprint density at radius 1 is 1.33 bits per heavy atom. The van der Waals surface area contributed by atoms with Crippen LogP contribution in [0.5, 0.6) is 0 Å². The first kappa shape index (κ1) is 8.85. The molecule has 3 heteroatoms. The lowest BCUT2D eigenvalue weighted by Gasteiger charge is -2.43. The molecule has 0 saturated carbocycles. The largest absolute Gasteiger partial charge is 0.315 e. The van der Waals surface area contributed by atoms with E-state index in [2.05, 4.69) is 28.9 Å². The lowest BCUT2D eigenvalue weighted by atomic mass is 9.83. The van der Waals surface area contributed by atoms with E-state index < -0.39 is 0 Å². The summed E-state index contributed by atoms with van der Waals surface area (Å²) in [4.78, 5) is 2.62. The molecule has 2 saturated heterocycles. The van der Waals surface area contributed by atoms with Gasteiger partial charge in [-0.15, -0.1) is 0 Å². The first-order valence-corrected chi connectivity index (χ1v) is 5.95. The van der Waals surface area contributed by atoms with Crippen molar-refractivity contribution in [2.45, 2.75) is 6.92 Å². The lowest BCUT2D eigenvalue weighted by Crippen LogP contribution is -2.57. The first-order valence-electron chi connectivity index (χ1n) is 4.79. The number of hydrogen-bond donors (Lipinski definition) is 1. The van der Waals surface area contributed by atoms with E-state index in [0.29, 0.717) is 5.41 Å². The highest BCUT2D eigenvalue weighted by Crippen LogP contribution is 2.24. The summed E-state index contributed by atoms with van der Waals surface area (Å²) in [5.41, 5.74) is 0.585. The van der Waals surface area contributed by atoms with Gasteiger partial charge in [-0.05, 0) is 0 Å². The molecule has 2 heterocycles. The summed E-state index contributed by atoms with van der Waals surface area (Å²) in [5, 5.41) is 3.36. The molecule has 2 fully saturated rings. The molecule has 2 nitrogen and oxygen atoms in total. The molecule has 2 rings (SSSR count). The van der Waals surface area contributed by atoms with Crippen molar-refractivity contribution in [3.63, 3.8) is 0 Å². The summed E-state index contributed by atoms with van der Waals surface area (Å²) in [5.74, 6) is 2.67. The first-order chi connectivity index (χ1) is 5.79. The summed E-state index contributed by atoms with van der Waals surface area (Å²) in [6.45, 7) is 8.75. The smallest absolute Gasteiger partial charge is 0.00729 e. The molecule has 70 valence electrons. The van der Waals surface area contributed by atoms with Gasteiger partial charge in [0.2, 0.25) is 0 Å². The molecule has 0 aromatic rings. The van der Waals surface area contributed by atoms with Gasteiger partial charge in [0.15, 0.2) is 0 Å². The van der Waals surface area contributed by atoms with Crippen molar-refractivity contribution >= 4 is 11.8 Å². The Balaban J connectivity index is 1.77. The third-order valence-electron chi connectivity index (χ3n) is 2.81. The zero-order valence-corrected chi connectivity index (χ0v) is 8.62. The van der Waals surface area contributed by atoms with E-state index in [1.165, 1.54) is 44.2 Å². The van der Waals surface area contributed by atoms with E-state index in [-0.39, 0.29) is 0 Å². The van der Waals surface area contributed by atoms with Gasteiger partial charge in [-0.3, -0.25) is 0 Å². The minimum Gasteiger partial charge on any atom is -0.315 e. The van der Waals surface area contributed by atoms with E-state index in [1.54, 1.807) is 0 Å². The second-order valence-corrected chi connectivity index (χ2v) is 5.53. The molecule has 0 aliphatic carbocycles. The monoisotopic (exact) mass is 186 g/mol. The summed E-state index contributed by atoms with van der Waals surface area (Å²) >= 11 is 2.09. The molecule has 0 bridgehead atoms. The highest BCUT2D eigenvalue weighted by molar-refractivity contribution is 7.99. The van der Waals surface area contributed by atoms with Crippen molar-refractivity contribution < 1.29 is 0 Å². The molecular formula is C9H18N2S. The van der Waals surface area contributed by atoms with Crippen LogP contribution in [-0.4, -0.2) is 49.1 Å². The Hall–Kier alpha value is 0.270. The topological polar surface area (TPSA) is 15.3 Å². The van der Waals surface area contributed by atoms with Crippen LogP contribution in [0.2, 0.25) is 0 Å². The van der Waals surface area contributed by atoms with Crippen LogP contribution >= 0.6 is 11.8 Å². The van der Waals surface area contributed by atoms with Crippen LogP contribution in [-0.2, 0) is 0 Å². The quantitative estimate of drug-likeness (QED) is 0.681. The number of nitrogens with one attached hydrogen (secondary N) is 1. The minimum absolute atomic E-state index is 0.585. The van der Waals surface area contributed by atoms with Gasteiger partial charge in [-0.25, -0.2) is 0 Å². The van der Waals surface area contributed by atoms with Crippen molar-refractivity contribution in [3.8, 4) is 0 Å². The molecule has 0 aromatic carbocycles. The highest BCUT2D eigenvalue weighted by atomic mass is 32.2. The standard InChI is InChI=1S/C9H18N2S/c1-9(6-10-7-9)8-11-2-4-12-5-3-11/h10H,2-8H2,1H3. The Kier molecular flexibility index (Phi) is 2.63. The fourth-order valence-electron chi connectivity index (χ4n) is 1.96. The highest BCUT2D eigenvalue weighted by Gasteiger charge is 2.33. The third-order valence-corrected chi connectivity index (χ3v) is 3.76. The van der Waals surface area contributed by atoms with Crippen LogP contribution in [0, 0.1) is 5.41 Å². The number of hydrogen-bond acceptors (Lipinski definition) is 3. The number of thioether (sulfide) groups is 1. The van der Waals surface area contributed by atoms with Crippen molar-refractivity contribution in [1.29, 1.82) is 0 Å². The van der Waals surface area contributed by atoms with Crippen molar-refractivity contribution in [2.24, 2.45) is 5.41 Å². The molecule has 0 aromatic heterocycles. The zero-order valence-electron chi connectivity index (χ0n) is 7.81. The fraction of sp³-hybridized carbons (Fsp3) is 1.00. The number of nitrogens with zero attached hydrogens (tertiary/aromatic N) is 1. The van der Waals surface area contributed by atoms with Crippen LogP contribution in [0.15, 0.2) is 0 Å². The molecule has 0 amide bonds. The average molecular weight is 186 g/mol. The Morgan fingerprint density at radius 3 is 2.50 bits per heavy atom. The third kappa shape index (κ3) is 1.95. The second kappa shape index (κ2) is 3.56. The van der Waals surface area contributed by atoms with Gasteiger partial charge in [0.05, 0.1) is 0 Å². The lowest BCUT2D eigenvalue weighted by molar-refractivity contribution is 0.115. The summed E-state index contributed by atoms with van der Waals surface area (Å²) in [6.07, 6.45) is 0. The molecule has 1 N–H and O–H groups in total. The molecule has 2 aliphatic heterocycles. The molecule has 0 atom stereocenters. The van der Waals surface area contributed by atoms with Gasteiger partial charge in [0, 0.05) is 49.6 Å². The van der Waals surface area contributed by atoms with Crippen molar-refractivity contribution in [2.75, 3.05) is 44.2 Å². The van der Waals surface area contributed by atoms with Crippen molar-refractivity contribution in [1.82, 2.24) is 10.2 Å². The minimum atomic E-state index is 0.585. The maximum Gasteiger partial charge on any atom is 0.00729 e. The fourth-order valence-corrected chi connectivity index (χ4v) is 2.94. The van der Waals surface area contributed by atoms with Gasteiger partial charge in [0.1, 0.15) is 0 Å². The molecular weight excluding hydrogens is 168 g/mol. The Morgan fingerprint density at radius 2 is 2.00 bits per heavy atom. The molecule has 12 heavy (non-hydrogen) atoms. The van der Waals surface area contributed by atoms with Crippen LogP contribution in [0.1, 0.15) is 6.92 Å². The van der Waals surface area contributed by atoms with Gasteiger partial charge < -0.3 is 10.2 Å². The summed E-state index contributed by atoms with van der Waals surface area (Å²) in [6, 6.07) is 0. The van der Waals surface area contributed by atoms with E-state index >= 15 is 0 Å². The van der Waals surface area contributed by atoms with Gasteiger partial charge in [-0.1, -0.05) is 6.92 Å². The second-order valence-electron chi connectivity index (χ2n) is 4.30. The van der Waals surface area contributed by atoms with Crippen molar-refractivity contribution in [3.05, 3.63) is 0 Å². The Labute approximate surface area is 79.1 Å². The van der Waals surface area contributed by atoms with Crippen LogP contribution in [0.3, 0.4) is 0 Å². The normalized spacial score (nSPS) is 29.8. The van der Waals surface area contributed by atoms with E-state index in [1.807, 2.05) is 0 Å². The summed E-state index contributed by atoms with van der Waals surface area (Å²) < 4.78 is 0. The maximum absolute atomic E-state index is 3.36. The molecule has 0 spiro atoms. The van der Waals surface area contributed by atoms with E-state index in [9.17, 15) is 0 Å². The van der Waals surface area contributed by atoms with Crippen LogP contribution in [0.4, 0.5) is 0 Å². The van der Waals surface area contributed by atoms with Crippen LogP contribution < -0.4 is 5.32 Å². The van der Waals surface area contributed by atoms with E-state index in [4.69, 9.17) is 0 Å². The Bertz CT molecular complexity index is 151. The van der Waals surface area contributed by atoms with Gasteiger partial charge in [-0.2, -0.15) is 11.8 Å². The van der Waals surface area contributed by atoms with Crippen LogP contribution in [0.25, 0.3) is 0 Å².